The first-order valence-electron chi connectivity index (χ1n) is 9.43. The summed E-state index contributed by atoms with van der Waals surface area (Å²) in [7, 11) is 0. The number of nitrogens with one attached hydrogen (secondary N) is 1. The Labute approximate surface area is 171 Å². The molecule has 0 aliphatic rings. The van der Waals surface area contributed by atoms with Crippen molar-refractivity contribution in [2.24, 2.45) is 5.92 Å². The second-order valence-electron chi connectivity index (χ2n) is 7.22. The number of hydrogen-bond donors (Lipinski definition) is 1. The van der Waals surface area contributed by atoms with Crippen LogP contribution in [0.3, 0.4) is 0 Å². The number of carbonyl (C=O) groups is 1. The predicted molar refractivity (Wildman–Crippen MR) is 102 cm³/mol. The van der Waals surface area contributed by atoms with Gasteiger partial charge in [0.1, 0.15) is 0 Å². The number of benzene rings is 1. The Morgan fingerprint density at radius 3 is 2.57 bits per heavy atom. The van der Waals surface area contributed by atoms with E-state index in [1.165, 1.54) is 11.6 Å². The first-order valence-corrected chi connectivity index (χ1v) is 9.43. The van der Waals surface area contributed by atoms with Crippen LogP contribution in [0.1, 0.15) is 37.0 Å². The van der Waals surface area contributed by atoms with Crippen molar-refractivity contribution in [1.29, 1.82) is 0 Å². The van der Waals surface area contributed by atoms with Crippen molar-refractivity contribution >= 4 is 5.91 Å². The molecule has 2 atom stereocenters. The minimum atomic E-state index is -4.51. The van der Waals surface area contributed by atoms with Gasteiger partial charge in [-0.3, -0.25) is 9.48 Å². The number of hydrogen-bond acceptors (Lipinski definition) is 5. The molecule has 160 valence electrons. The monoisotopic (exact) mass is 421 g/mol. The van der Waals surface area contributed by atoms with Crippen molar-refractivity contribution in [1.82, 2.24) is 25.2 Å². The van der Waals surface area contributed by atoms with Crippen molar-refractivity contribution in [2.45, 2.75) is 39.4 Å². The lowest BCUT2D eigenvalue weighted by Gasteiger charge is -2.15. The quantitative estimate of drug-likeness (QED) is 0.627. The van der Waals surface area contributed by atoms with E-state index in [0.29, 0.717) is 17.4 Å². The lowest BCUT2D eigenvalue weighted by atomic mass is 10.1. The summed E-state index contributed by atoms with van der Waals surface area (Å²) in [5.74, 6) is -0.242. The van der Waals surface area contributed by atoms with E-state index in [4.69, 9.17) is 4.52 Å². The largest absolute Gasteiger partial charge is 0.435 e. The van der Waals surface area contributed by atoms with Gasteiger partial charge < -0.3 is 9.84 Å². The molecule has 2 unspecified atom stereocenters. The predicted octanol–water partition coefficient (Wildman–Crippen LogP) is 3.82. The Morgan fingerprint density at radius 1 is 1.23 bits per heavy atom. The lowest BCUT2D eigenvalue weighted by molar-refractivity contribution is -0.141. The minimum absolute atomic E-state index is 0.0425. The Kier molecular flexibility index (Phi) is 6.23. The molecule has 3 aromatic rings. The molecule has 1 aromatic carbocycles. The second kappa shape index (κ2) is 8.68. The third kappa shape index (κ3) is 5.05. The topological polar surface area (TPSA) is 85.8 Å². The normalized spacial score (nSPS) is 13.8. The van der Waals surface area contributed by atoms with Crippen LogP contribution in [-0.2, 0) is 17.5 Å². The molecule has 3 rings (SSSR count). The van der Waals surface area contributed by atoms with Gasteiger partial charge in [0.05, 0.1) is 18.4 Å². The maximum Gasteiger partial charge on any atom is 0.435 e. The third-order valence-electron chi connectivity index (χ3n) is 4.64. The van der Waals surface area contributed by atoms with E-state index in [0.717, 1.165) is 11.6 Å². The van der Waals surface area contributed by atoms with Gasteiger partial charge in [0.25, 0.3) is 0 Å². The van der Waals surface area contributed by atoms with Crippen molar-refractivity contribution in [3.8, 4) is 11.4 Å². The number of aryl methyl sites for hydroxylation is 1. The molecule has 2 heterocycles. The van der Waals surface area contributed by atoms with E-state index in [1.807, 2.05) is 37.3 Å². The molecule has 0 radical (unpaired) electrons. The number of nitrogens with zero attached hydrogens (tertiary/aromatic N) is 4. The smallest absolute Gasteiger partial charge is 0.355 e. The van der Waals surface area contributed by atoms with Crippen LogP contribution >= 0.6 is 0 Å². The van der Waals surface area contributed by atoms with Gasteiger partial charge in [-0.05, 0) is 13.0 Å². The second-order valence-corrected chi connectivity index (χ2v) is 7.22. The number of rotatable bonds is 7. The van der Waals surface area contributed by atoms with E-state index < -0.39 is 17.8 Å². The van der Waals surface area contributed by atoms with Crippen LogP contribution in [0, 0.1) is 12.8 Å². The SMILES string of the molecule is Cc1cc(C(F)(F)F)nn1CC(C)C(=O)NCC(C)c1nc(-c2ccccc2)no1. The molecule has 1 N–H and O–H groups in total. The number of halogens is 3. The molecule has 0 fully saturated rings. The van der Waals surface area contributed by atoms with Crippen molar-refractivity contribution in [3.63, 3.8) is 0 Å². The highest BCUT2D eigenvalue weighted by Crippen LogP contribution is 2.28. The first kappa shape index (κ1) is 21.5. The maximum absolute atomic E-state index is 12.8. The van der Waals surface area contributed by atoms with Gasteiger partial charge in [-0.2, -0.15) is 23.3 Å². The molecule has 10 heteroatoms. The Bertz CT molecular complexity index is 998. The summed E-state index contributed by atoms with van der Waals surface area (Å²) in [6.45, 7) is 5.29. The fourth-order valence-electron chi connectivity index (χ4n) is 2.83. The van der Waals surface area contributed by atoms with Gasteiger partial charge >= 0.3 is 6.18 Å². The fourth-order valence-corrected chi connectivity index (χ4v) is 2.83. The first-order chi connectivity index (χ1) is 14.1. The highest BCUT2D eigenvalue weighted by molar-refractivity contribution is 5.78. The molecule has 0 aliphatic carbocycles. The summed E-state index contributed by atoms with van der Waals surface area (Å²) in [5, 5.41) is 10.3. The van der Waals surface area contributed by atoms with Crippen LogP contribution in [0.2, 0.25) is 0 Å². The number of alkyl halides is 3. The zero-order valence-corrected chi connectivity index (χ0v) is 16.8. The van der Waals surface area contributed by atoms with Crippen LogP contribution in [0.4, 0.5) is 13.2 Å². The average molecular weight is 421 g/mol. The van der Waals surface area contributed by atoms with E-state index in [2.05, 4.69) is 20.6 Å². The summed E-state index contributed by atoms with van der Waals surface area (Å²) in [4.78, 5) is 16.7. The van der Waals surface area contributed by atoms with Gasteiger partial charge in [-0.1, -0.05) is 49.3 Å². The Morgan fingerprint density at radius 2 is 1.93 bits per heavy atom. The van der Waals surface area contributed by atoms with Crippen molar-refractivity contribution in [3.05, 3.63) is 53.7 Å². The van der Waals surface area contributed by atoms with Crippen LogP contribution in [-0.4, -0.2) is 32.4 Å². The molecule has 0 saturated carbocycles. The molecular formula is C20H22F3N5O2. The summed E-state index contributed by atoms with van der Waals surface area (Å²) in [6.07, 6.45) is -4.51. The summed E-state index contributed by atoms with van der Waals surface area (Å²) >= 11 is 0. The number of amides is 1. The molecule has 1 amide bonds. The zero-order valence-electron chi connectivity index (χ0n) is 16.8. The standard InChI is InChI=1S/C20H22F3N5O2/c1-12(19-25-17(27-30-19)15-7-5-4-6-8-15)10-24-18(29)13(2)11-28-14(3)9-16(26-28)20(21,22)23/h4-9,12-13H,10-11H2,1-3H3,(H,24,29). The lowest BCUT2D eigenvalue weighted by Crippen LogP contribution is -2.34. The average Bonchev–Trinajstić information content (AvgIpc) is 3.34. The van der Waals surface area contributed by atoms with Crippen LogP contribution in [0.15, 0.2) is 40.9 Å². The molecule has 2 aromatic heterocycles. The van der Waals surface area contributed by atoms with Crippen molar-refractivity contribution in [2.75, 3.05) is 6.54 Å². The minimum Gasteiger partial charge on any atom is -0.355 e. The van der Waals surface area contributed by atoms with Gasteiger partial charge in [0.2, 0.25) is 17.6 Å². The van der Waals surface area contributed by atoms with Gasteiger partial charge in [-0.15, -0.1) is 0 Å². The molecule has 0 spiro atoms. The van der Waals surface area contributed by atoms with Crippen LogP contribution in [0.5, 0.6) is 0 Å². The molecule has 0 bridgehead atoms. The van der Waals surface area contributed by atoms with E-state index in [-0.39, 0.29) is 24.9 Å². The molecule has 30 heavy (non-hydrogen) atoms. The Balaban J connectivity index is 1.55. The summed E-state index contributed by atoms with van der Waals surface area (Å²) < 4.78 is 44.8. The maximum atomic E-state index is 12.8. The molecule has 0 aliphatic heterocycles. The molecule has 0 saturated heterocycles. The summed E-state index contributed by atoms with van der Waals surface area (Å²) in [6, 6.07) is 10.3. The van der Waals surface area contributed by atoms with E-state index >= 15 is 0 Å². The highest BCUT2D eigenvalue weighted by atomic mass is 19.4. The van der Waals surface area contributed by atoms with E-state index in [9.17, 15) is 18.0 Å². The van der Waals surface area contributed by atoms with Gasteiger partial charge in [0, 0.05) is 17.8 Å². The van der Waals surface area contributed by atoms with Crippen LogP contribution < -0.4 is 5.32 Å². The highest BCUT2D eigenvalue weighted by Gasteiger charge is 2.34. The van der Waals surface area contributed by atoms with Crippen LogP contribution in [0.25, 0.3) is 11.4 Å². The van der Waals surface area contributed by atoms with E-state index in [1.54, 1.807) is 6.92 Å². The number of aromatic nitrogens is 4. The molecular weight excluding hydrogens is 399 g/mol. The zero-order chi connectivity index (χ0) is 21.9. The van der Waals surface area contributed by atoms with Crippen molar-refractivity contribution < 1.29 is 22.5 Å². The molecule has 7 nitrogen and oxygen atoms in total. The summed E-state index contributed by atoms with van der Waals surface area (Å²) in [5.41, 5.74) is 0.201. The Hall–Kier alpha value is -3.17. The third-order valence-corrected chi connectivity index (χ3v) is 4.64. The number of carbonyl (C=O) groups excluding carboxylic acids is 1. The van der Waals surface area contributed by atoms with Gasteiger partial charge in [-0.25, -0.2) is 0 Å². The van der Waals surface area contributed by atoms with Gasteiger partial charge in [0.15, 0.2) is 5.69 Å². The fraction of sp³-hybridized carbons (Fsp3) is 0.400.